The summed E-state index contributed by atoms with van der Waals surface area (Å²) in [5.74, 6) is 0.184. The standard InChI is InChI=1S/C32H38ClFN2O7S.C28H30ClFN2O6.C6H5BClFO2.CH4.ClH/c1-30(2,3)44(40)36-31(4)18-43-29-21(31)17-27(35-28(29)20-7-9-23(34)22(33)15-20)32(5,39)12-11-24(38)19-8-10-25(42-14-13-37)26(16-19)41-6;1-27(31)15-38-26-18(27)14-24(32-25(26)17-4-6-20(30)19(29)12-17)28(2,35)9-8-21(34)16-5-7-22(37-11-10-33)23(13-16)36-3;8-5-3-4(7(10)11)1-2-6(5)9;;/h7-10,15-17,36-37,39H,11-14,18H2,1-6H3;4-7,12-14,33,35H,8-11,15,31H2,1-3H3;1-3,10-11H;1H4;1H. The molecular weight excluding hydrogens is 1340 g/mol. The molecule has 2 aliphatic rings. The molecule has 9 rings (SSSR count). The van der Waals surface area contributed by atoms with E-state index < -0.39 is 62.6 Å². The maximum absolute atomic E-state index is 14.1. The van der Waals surface area contributed by atoms with Crippen LogP contribution in [-0.2, 0) is 33.3 Å². The van der Waals surface area contributed by atoms with E-state index in [1.165, 1.54) is 62.8 Å². The van der Waals surface area contributed by atoms with Crippen molar-refractivity contribution in [3.05, 3.63) is 169 Å². The number of nitrogens with one attached hydrogen (secondary N) is 1. The van der Waals surface area contributed by atoms with Crippen LogP contribution in [0, 0.1) is 17.5 Å². The lowest BCUT2D eigenvalue weighted by atomic mass is 9.80. The molecule has 0 fully saturated rings. The molecular formula is C67H78BCl4F3N4O15S. The van der Waals surface area contributed by atoms with Crippen LogP contribution in [0.25, 0.3) is 22.5 Å². The number of aromatic nitrogens is 2. The maximum Gasteiger partial charge on any atom is 0.488 e. The van der Waals surface area contributed by atoms with Crippen LogP contribution in [0.3, 0.4) is 0 Å². The summed E-state index contributed by atoms with van der Waals surface area (Å²) in [5, 5.41) is 58.1. The molecule has 9 N–H and O–H groups in total. The topological polar surface area (TPSA) is 292 Å². The van der Waals surface area contributed by atoms with E-state index in [2.05, 4.69) is 9.71 Å². The van der Waals surface area contributed by atoms with Gasteiger partial charge >= 0.3 is 7.12 Å². The first-order valence-corrected chi connectivity index (χ1v) is 31.4. The highest BCUT2D eigenvalue weighted by molar-refractivity contribution is 7.84. The van der Waals surface area contributed by atoms with Gasteiger partial charge in [-0.25, -0.2) is 32.1 Å². The number of fused-ring (bicyclic) bond motifs is 2. The third-order valence-corrected chi connectivity index (χ3v) is 17.7. The minimum absolute atomic E-state index is 0. The quantitative estimate of drug-likeness (QED) is 0.0218. The number of rotatable bonds is 23. The summed E-state index contributed by atoms with van der Waals surface area (Å²) in [7, 11) is -0.148. The van der Waals surface area contributed by atoms with E-state index in [1.54, 1.807) is 62.4 Å². The number of ether oxygens (including phenoxy) is 6. The molecule has 0 bridgehead atoms. The van der Waals surface area contributed by atoms with Gasteiger partial charge in [-0.3, -0.25) is 9.59 Å². The van der Waals surface area contributed by atoms with Crippen LogP contribution in [-0.4, -0.2) is 122 Å². The molecule has 5 aromatic carbocycles. The number of hydrogen-bond donors (Lipinski definition) is 8. The first kappa shape index (κ1) is 79.1. The van der Waals surface area contributed by atoms with Crippen molar-refractivity contribution in [2.24, 2.45) is 5.73 Å². The lowest BCUT2D eigenvalue weighted by Gasteiger charge is -2.30. The van der Waals surface area contributed by atoms with Crippen molar-refractivity contribution in [2.75, 3.05) is 53.9 Å². The number of carbonyl (C=O) groups excluding carboxylic acids is 2. The molecule has 2 aliphatic heterocycles. The third-order valence-electron chi connectivity index (χ3n) is 15.1. The van der Waals surface area contributed by atoms with E-state index in [1.807, 2.05) is 34.6 Å². The Bertz CT molecular complexity index is 3910. The molecule has 5 unspecified atom stereocenters. The lowest BCUT2D eigenvalue weighted by molar-refractivity contribution is 0.0395. The number of benzene rings is 5. The number of Topliss-reactive ketones (excluding diaryl/α,β-unsaturated/α-hetero) is 2. The number of aliphatic hydroxyl groups excluding tert-OH is 2. The molecule has 7 aromatic rings. The fourth-order valence-electron chi connectivity index (χ4n) is 9.62. The summed E-state index contributed by atoms with van der Waals surface area (Å²) in [4.78, 5) is 35.6. The largest absolute Gasteiger partial charge is 0.493 e. The summed E-state index contributed by atoms with van der Waals surface area (Å²) in [6, 6.07) is 24.8. The first-order chi connectivity index (χ1) is 43.7. The van der Waals surface area contributed by atoms with Crippen molar-refractivity contribution in [2.45, 2.75) is 109 Å². The predicted octanol–water partition coefficient (Wildman–Crippen LogP) is 11.0. The second kappa shape index (κ2) is 33.1. The van der Waals surface area contributed by atoms with Gasteiger partial charge in [-0.15, -0.1) is 12.4 Å². The summed E-state index contributed by atoms with van der Waals surface area (Å²) < 4.78 is 89.6. The number of ketones is 2. The molecule has 0 amide bonds. The van der Waals surface area contributed by atoms with Crippen molar-refractivity contribution in [3.8, 4) is 57.0 Å². The zero-order chi connectivity index (χ0) is 68.5. The number of halogens is 7. The van der Waals surface area contributed by atoms with E-state index in [0.29, 0.717) is 85.0 Å². The predicted molar refractivity (Wildman–Crippen MR) is 363 cm³/mol. The molecule has 19 nitrogen and oxygen atoms in total. The Labute approximate surface area is 574 Å². The van der Waals surface area contributed by atoms with Crippen molar-refractivity contribution in [1.82, 2.24) is 14.7 Å². The molecule has 0 saturated heterocycles. The van der Waals surface area contributed by atoms with Crippen molar-refractivity contribution >= 4 is 82.3 Å². The molecule has 95 heavy (non-hydrogen) atoms. The van der Waals surface area contributed by atoms with Gasteiger partial charge in [-0.1, -0.05) is 48.3 Å². The molecule has 0 saturated carbocycles. The molecule has 5 atom stereocenters. The van der Waals surface area contributed by atoms with E-state index in [4.69, 9.17) is 94.2 Å². The number of methoxy groups -OCH3 is 2. The van der Waals surface area contributed by atoms with Crippen LogP contribution >= 0.6 is 47.2 Å². The number of hydrogen-bond acceptors (Lipinski definition) is 18. The summed E-state index contributed by atoms with van der Waals surface area (Å²) >= 11 is 17.5. The van der Waals surface area contributed by atoms with Crippen LogP contribution in [0.2, 0.25) is 15.1 Å². The minimum Gasteiger partial charge on any atom is -0.493 e. The van der Waals surface area contributed by atoms with Crippen molar-refractivity contribution in [3.63, 3.8) is 0 Å². The number of nitrogens with two attached hydrogens (primary N) is 1. The van der Waals surface area contributed by atoms with Gasteiger partial charge in [-0.05, 0) is 164 Å². The summed E-state index contributed by atoms with van der Waals surface area (Å²) in [5.41, 5.74) is 6.07. The SMILES string of the molecule is C.COc1cc(C(=O)CCC(C)(O)c2cc3c(c(-c4ccc(F)c(Cl)c4)n2)OCC3(C)N)ccc1OCCO.COc1cc(C(=O)CCC(C)(O)c2cc3c(c(-c4ccc(F)c(Cl)c4)n2)OCC3(C)NS(=O)C(C)(C)C)ccc1OCCO.Cl.OB(O)c1ccc(F)c(Cl)c1. The van der Waals surface area contributed by atoms with Gasteiger partial charge < -0.3 is 64.6 Å². The fourth-order valence-corrected chi connectivity index (χ4v) is 11.1. The van der Waals surface area contributed by atoms with Crippen molar-refractivity contribution < 1.29 is 85.9 Å². The molecule has 2 aromatic heterocycles. The molecule has 0 aliphatic carbocycles. The Morgan fingerprint density at radius 2 is 1.05 bits per heavy atom. The minimum atomic E-state index is -1.60. The molecule has 0 spiro atoms. The first-order valence-electron chi connectivity index (χ1n) is 29.1. The zero-order valence-electron chi connectivity index (χ0n) is 52.9. The molecule has 514 valence electrons. The summed E-state index contributed by atoms with van der Waals surface area (Å²) in [6.07, 6.45) is 0.0725. The van der Waals surface area contributed by atoms with Gasteiger partial charge in [0.25, 0.3) is 0 Å². The average molecular weight is 1420 g/mol. The Kier molecular flexibility index (Phi) is 27.5. The lowest BCUT2D eigenvalue weighted by Crippen LogP contribution is -2.47. The number of aliphatic hydroxyl groups is 4. The van der Waals surface area contributed by atoms with Gasteiger partial charge in [-0.2, -0.15) is 0 Å². The second-order valence-corrected chi connectivity index (χ2v) is 27.0. The van der Waals surface area contributed by atoms with Crippen LogP contribution in [0.4, 0.5) is 13.2 Å². The number of carbonyl (C=O) groups is 2. The van der Waals surface area contributed by atoms with Crippen molar-refractivity contribution in [1.29, 1.82) is 0 Å². The van der Waals surface area contributed by atoms with Crippen LogP contribution in [0.15, 0.2) is 103 Å². The highest BCUT2D eigenvalue weighted by Crippen LogP contribution is 2.47. The molecule has 28 heteroatoms. The Hall–Kier alpha value is -6.62. The third kappa shape index (κ3) is 19.4. The van der Waals surface area contributed by atoms with Gasteiger partial charge in [0.15, 0.2) is 46.1 Å². The molecule has 0 radical (unpaired) electrons. The molecule has 4 heterocycles. The normalized spacial score (nSPS) is 16.7. The van der Waals surface area contributed by atoms with Crippen LogP contribution < -0.4 is 44.3 Å². The van der Waals surface area contributed by atoms with Gasteiger partial charge in [0.1, 0.15) is 66.5 Å². The Balaban J connectivity index is 0.000000292. The Morgan fingerprint density at radius 1 is 0.642 bits per heavy atom. The highest BCUT2D eigenvalue weighted by Gasteiger charge is 2.44. The fraction of sp³-hybridized carbons (Fsp3) is 0.373. The van der Waals surface area contributed by atoms with Crippen LogP contribution in [0.1, 0.15) is 125 Å². The number of nitrogens with zero attached hydrogens (tertiary/aromatic N) is 2. The van der Waals surface area contributed by atoms with Gasteiger partial charge in [0.05, 0.1) is 80.7 Å². The van der Waals surface area contributed by atoms with Crippen LogP contribution in [0.5, 0.6) is 34.5 Å². The average Bonchev–Trinajstić information content (AvgIpc) is 1.66. The smallest absolute Gasteiger partial charge is 0.488 e. The number of pyridine rings is 2. The zero-order valence-corrected chi connectivity index (χ0v) is 56.8. The van der Waals surface area contributed by atoms with Gasteiger partial charge in [0, 0.05) is 46.2 Å². The Morgan fingerprint density at radius 3 is 1.45 bits per heavy atom. The van der Waals surface area contributed by atoms with E-state index >= 15 is 0 Å². The highest BCUT2D eigenvalue weighted by atomic mass is 35.5. The van der Waals surface area contributed by atoms with E-state index in [0.717, 1.165) is 6.07 Å². The maximum atomic E-state index is 14.1. The second-order valence-electron chi connectivity index (χ2n) is 23.9. The van der Waals surface area contributed by atoms with Gasteiger partial charge in [0.2, 0.25) is 0 Å². The summed E-state index contributed by atoms with van der Waals surface area (Å²) in [6.45, 7) is 12.6. The van der Waals surface area contributed by atoms with E-state index in [-0.39, 0.29) is 123 Å². The monoisotopic (exact) mass is 1420 g/mol. The van der Waals surface area contributed by atoms with E-state index in [9.17, 15) is 37.2 Å².